The van der Waals surface area contributed by atoms with Gasteiger partial charge < -0.3 is 4.43 Å². The van der Waals surface area contributed by atoms with Crippen molar-refractivity contribution >= 4 is 18.9 Å². The summed E-state index contributed by atoms with van der Waals surface area (Å²) in [6.07, 6.45) is 9.83. The third-order valence-corrected chi connectivity index (χ3v) is 9.10. The van der Waals surface area contributed by atoms with Gasteiger partial charge in [-0.2, -0.15) is 0 Å². The Morgan fingerprint density at radius 1 is 1.33 bits per heavy atom. The molecule has 0 bridgehead atoms. The van der Waals surface area contributed by atoms with Crippen LogP contribution in [-0.2, 0) is 27.4 Å². The third kappa shape index (κ3) is 17.3. The molecule has 0 amide bonds. The number of nitrogens with zero attached hydrogens (tertiary/aromatic N) is 2. The second-order valence-electron chi connectivity index (χ2n) is 4.12. The zero-order chi connectivity index (χ0) is 15.0. The maximum Gasteiger partial charge on any atom is 0.460 e. The number of rotatable bonds is 7. The quantitative estimate of drug-likeness (QED) is 0.141. The molecule has 1 heterocycles. The molecule has 0 spiro atoms. The fourth-order valence-electron chi connectivity index (χ4n) is 1.64. The summed E-state index contributed by atoms with van der Waals surface area (Å²) in [4.78, 5) is 0. The van der Waals surface area contributed by atoms with Crippen LogP contribution < -0.4 is 0 Å². The van der Waals surface area contributed by atoms with E-state index in [0.717, 1.165) is 6.04 Å². The van der Waals surface area contributed by atoms with E-state index in [-0.39, 0.29) is 49.7 Å². The number of unbranched alkanes of at least 4 members (excludes halogenated alkanes) is 4. The Kier molecular flexibility index (Phi) is 33.5. The molecule has 0 aromatic heterocycles. The van der Waals surface area contributed by atoms with Crippen LogP contribution in [-0.4, -0.2) is 20.6 Å². The maximum absolute atomic E-state index is 6.00. The van der Waals surface area contributed by atoms with Gasteiger partial charge in [-0.15, -0.1) is 17.8 Å². The standard InChI is InChI=1S/C8H16.C5H11O2SSi.N2.U.V/c1-3-5-7-8-6-4-2;1-6-9(7-2)5-3-4-8-9;1-2;;/h3H,1,4-8H2,2H3;1,3-5H2,2H3;;;/q;+1;;;. The van der Waals surface area contributed by atoms with Crippen molar-refractivity contribution in [3.63, 3.8) is 0 Å². The van der Waals surface area contributed by atoms with Crippen LogP contribution in [0.5, 0.6) is 0 Å². The molecule has 1 aliphatic heterocycles. The molecular weight excluding hydrogens is 565 g/mol. The van der Waals surface area contributed by atoms with Gasteiger partial charge in [0.2, 0.25) is 7.11 Å². The largest absolute Gasteiger partial charge is 0.460 e. The summed E-state index contributed by atoms with van der Waals surface area (Å²) < 4.78 is 10.3. The van der Waals surface area contributed by atoms with Gasteiger partial charge in [0.05, 0.1) is 0 Å². The van der Waals surface area contributed by atoms with Crippen LogP contribution in [0.25, 0.3) is 0 Å². The molecule has 1 atom stereocenters. The van der Waals surface area contributed by atoms with Crippen LogP contribution in [0.15, 0.2) is 12.7 Å². The minimum absolute atomic E-state index is 0. The van der Waals surface area contributed by atoms with Crippen LogP contribution in [0, 0.1) is 49.0 Å². The fourth-order valence-corrected chi connectivity index (χ4v) is 6.75. The Labute approximate surface area is 171 Å². The van der Waals surface area contributed by atoms with Gasteiger partial charge in [0, 0.05) is 73.6 Å². The first-order valence-corrected chi connectivity index (χ1v) is 10.4. The molecule has 1 saturated heterocycles. The monoisotopic (exact) mass is 592 g/mol. The van der Waals surface area contributed by atoms with E-state index in [9.17, 15) is 0 Å². The van der Waals surface area contributed by atoms with Gasteiger partial charge in [-0.25, -0.2) is 4.43 Å². The molecule has 0 saturated carbocycles. The molecule has 1 rings (SSSR count). The number of allylic oxidation sites excluding steroid dienone is 1. The Hall–Kier alpha value is 1.15. The average Bonchev–Trinajstić information content (AvgIpc) is 2.96. The van der Waals surface area contributed by atoms with E-state index in [2.05, 4.69) is 20.6 Å². The molecule has 0 aliphatic carbocycles. The summed E-state index contributed by atoms with van der Waals surface area (Å²) in [5, 5.41) is 12.0. The molecule has 21 heavy (non-hydrogen) atoms. The molecule has 1 radical (unpaired) electrons. The molecule has 0 N–H and O–H groups in total. The molecule has 1 unspecified atom stereocenters. The zero-order valence-electron chi connectivity index (χ0n) is 13.2. The summed E-state index contributed by atoms with van der Waals surface area (Å²) in [6, 6.07) is 1.09. The molecule has 0 aromatic rings. The van der Waals surface area contributed by atoms with Gasteiger partial charge in [-0.05, 0) is 25.0 Å². The summed E-state index contributed by atoms with van der Waals surface area (Å²) in [6.45, 7) is 5.89. The summed E-state index contributed by atoms with van der Waals surface area (Å²) in [5.74, 6) is 1.18. The molecule has 8 heteroatoms. The van der Waals surface area contributed by atoms with Crippen molar-refractivity contribution in [3.05, 3.63) is 19.8 Å². The normalized spacial score (nSPS) is 18.7. The van der Waals surface area contributed by atoms with Gasteiger partial charge in [-0.3, -0.25) is 0 Å². The van der Waals surface area contributed by atoms with Crippen molar-refractivity contribution in [2.45, 2.75) is 51.5 Å². The average molecular weight is 592 g/mol. The van der Waals surface area contributed by atoms with Gasteiger partial charge >= 0.3 is 7.71 Å². The van der Waals surface area contributed by atoms with E-state index in [4.69, 9.17) is 19.6 Å². The SMILES string of the molecule is C=CCCCCCC.N#N.[CH2+]O[Si]1(OC)CCCS1.[U].[V]. The Morgan fingerprint density at radius 3 is 2.24 bits per heavy atom. The van der Waals surface area contributed by atoms with Crippen molar-refractivity contribution in [1.82, 2.24) is 0 Å². The summed E-state index contributed by atoms with van der Waals surface area (Å²) >= 11 is 1.82. The van der Waals surface area contributed by atoms with Gasteiger partial charge in [0.1, 0.15) is 0 Å². The Bertz CT molecular complexity index is 227. The van der Waals surface area contributed by atoms with E-state index in [1.807, 2.05) is 17.3 Å². The molecular formula is C13H27N2O2SSiUV+. The summed E-state index contributed by atoms with van der Waals surface area (Å²) in [7, 11) is 3.37. The number of hydrogen-bond donors (Lipinski definition) is 0. The predicted molar refractivity (Wildman–Crippen MR) is 83.5 cm³/mol. The van der Waals surface area contributed by atoms with Crippen molar-refractivity contribution in [2.75, 3.05) is 12.9 Å². The number of hydrogen-bond acceptors (Lipinski definition) is 5. The molecule has 1 fully saturated rings. The molecule has 1 aliphatic rings. The topological polar surface area (TPSA) is 66.0 Å². The third-order valence-electron chi connectivity index (χ3n) is 2.74. The Morgan fingerprint density at radius 2 is 1.95 bits per heavy atom. The molecule has 4 nitrogen and oxygen atoms in total. The minimum Gasteiger partial charge on any atom is -0.387 e. The maximum atomic E-state index is 6.00. The first-order chi connectivity index (χ1) is 9.24. The molecule has 0 aromatic carbocycles. The van der Waals surface area contributed by atoms with Gasteiger partial charge in [0.15, 0.2) is 0 Å². The van der Waals surface area contributed by atoms with Crippen LogP contribution in [0.1, 0.15) is 45.4 Å². The van der Waals surface area contributed by atoms with Crippen molar-refractivity contribution in [2.24, 2.45) is 0 Å². The summed E-state index contributed by atoms with van der Waals surface area (Å²) in [5.41, 5.74) is 0. The fraction of sp³-hybridized carbons (Fsp3) is 0.769. The van der Waals surface area contributed by atoms with Crippen molar-refractivity contribution < 1.29 is 58.5 Å². The van der Waals surface area contributed by atoms with E-state index < -0.39 is 7.71 Å². The van der Waals surface area contributed by atoms with Crippen LogP contribution in [0.3, 0.4) is 0 Å². The predicted octanol–water partition coefficient (Wildman–Crippen LogP) is 4.69. The second-order valence-corrected chi connectivity index (χ2v) is 10.1. The van der Waals surface area contributed by atoms with Crippen LogP contribution in [0.2, 0.25) is 6.04 Å². The van der Waals surface area contributed by atoms with Crippen LogP contribution >= 0.6 is 11.2 Å². The van der Waals surface area contributed by atoms with Crippen LogP contribution in [0.4, 0.5) is 0 Å². The first-order valence-electron chi connectivity index (χ1n) is 6.68. The smallest absolute Gasteiger partial charge is 0.387 e. The van der Waals surface area contributed by atoms with E-state index in [1.54, 1.807) is 7.11 Å². The Balaban J connectivity index is -0.000000114. The van der Waals surface area contributed by atoms with E-state index in [0.29, 0.717) is 0 Å². The first kappa shape index (κ1) is 30.1. The van der Waals surface area contributed by atoms with Gasteiger partial charge in [-0.1, -0.05) is 32.3 Å². The van der Waals surface area contributed by atoms with E-state index in [1.165, 1.54) is 44.3 Å². The van der Waals surface area contributed by atoms with Crippen molar-refractivity contribution in [1.29, 1.82) is 10.8 Å². The second kappa shape index (κ2) is 23.4. The zero-order valence-corrected chi connectivity index (χ0v) is 20.6. The van der Waals surface area contributed by atoms with E-state index >= 15 is 0 Å². The minimum atomic E-state index is -1.77. The molecule has 119 valence electrons. The van der Waals surface area contributed by atoms with Crippen molar-refractivity contribution in [3.8, 4) is 0 Å². The van der Waals surface area contributed by atoms with Gasteiger partial charge in [0.25, 0.3) is 0 Å².